The van der Waals surface area contributed by atoms with Gasteiger partial charge in [0, 0.05) is 6.04 Å². The maximum absolute atomic E-state index is 7.03. The average Bonchev–Trinajstić information content (AvgIpc) is 2.98. The Morgan fingerprint density at radius 2 is 1.75 bits per heavy atom. The van der Waals surface area contributed by atoms with E-state index >= 15 is 0 Å². The number of nitrogens with two attached hydrogens (primary N) is 1. The molecule has 2 atom stereocenters. The van der Waals surface area contributed by atoms with Crippen molar-refractivity contribution in [1.82, 2.24) is 4.90 Å². The van der Waals surface area contributed by atoms with Gasteiger partial charge in [0.1, 0.15) is 0 Å². The Labute approximate surface area is 124 Å². The molecule has 1 heterocycles. The third-order valence-electron chi connectivity index (χ3n) is 4.92. The predicted molar refractivity (Wildman–Crippen MR) is 86.6 cm³/mol. The summed E-state index contributed by atoms with van der Waals surface area (Å²) in [7, 11) is 0. The molecule has 1 aliphatic heterocycles. The lowest BCUT2D eigenvalue weighted by Gasteiger charge is -2.46. The van der Waals surface area contributed by atoms with Gasteiger partial charge in [-0.15, -0.1) is 0 Å². The topological polar surface area (TPSA) is 29.3 Å². The van der Waals surface area contributed by atoms with Crippen LogP contribution >= 0.6 is 0 Å². The van der Waals surface area contributed by atoms with Crippen molar-refractivity contribution in [2.45, 2.75) is 58.0 Å². The molecule has 0 aromatic heterocycles. The molecule has 0 amide bonds. The van der Waals surface area contributed by atoms with E-state index in [1.807, 2.05) is 0 Å². The van der Waals surface area contributed by atoms with Crippen molar-refractivity contribution in [3.63, 3.8) is 0 Å². The van der Waals surface area contributed by atoms with Crippen LogP contribution in [0.3, 0.4) is 0 Å². The molecule has 112 valence electrons. The molecule has 0 bridgehead atoms. The van der Waals surface area contributed by atoms with Gasteiger partial charge in [0.15, 0.2) is 0 Å². The lowest BCUT2D eigenvalue weighted by atomic mass is 9.73. The van der Waals surface area contributed by atoms with Crippen LogP contribution in [0.25, 0.3) is 0 Å². The SMILES string of the molecule is CCCC(N1CCCC1)C(N)(c1ccccc1)C(C)C. The molecule has 0 saturated carbocycles. The lowest BCUT2D eigenvalue weighted by Crippen LogP contribution is -2.58. The maximum Gasteiger partial charge on any atom is 0.0590 e. The van der Waals surface area contributed by atoms with Gasteiger partial charge in [0.25, 0.3) is 0 Å². The van der Waals surface area contributed by atoms with E-state index in [1.54, 1.807) is 0 Å². The van der Waals surface area contributed by atoms with Crippen molar-refractivity contribution in [3.05, 3.63) is 35.9 Å². The quantitative estimate of drug-likeness (QED) is 0.856. The van der Waals surface area contributed by atoms with Crippen molar-refractivity contribution >= 4 is 0 Å². The summed E-state index contributed by atoms with van der Waals surface area (Å²) in [5.74, 6) is 0.432. The number of hydrogen-bond acceptors (Lipinski definition) is 2. The molecule has 0 radical (unpaired) electrons. The summed E-state index contributed by atoms with van der Waals surface area (Å²) in [6.07, 6.45) is 5.02. The largest absolute Gasteiger partial charge is 0.320 e. The summed E-state index contributed by atoms with van der Waals surface area (Å²) in [5, 5.41) is 0. The van der Waals surface area contributed by atoms with Crippen LogP contribution in [0.5, 0.6) is 0 Å². The van der Waals surface area contributed by atoms with Crippen LogP contribution in [-0.2, 0) is 5.54 Å². The van der Waals surface area contributed by atoms with Crippen LogP contribution in [0, 0.1) is 5.92 Å². The fourth-order valence-electron chi connectivity index (χ4n) is 3.69. The standard InChI is InChI=1S/C18H30N2/c1-4-10-17(20-13-8-9-14-20)18(19,15(2)3)16-11-6-5-7-12-16/h5-7,11-12,15,17H,4,8-10,13-14,19H2,1-3H3. The van der Waals surface area contributed by atoms with Crippen molar-refractivity contribution in [3.8, 4) is 0 Å². The molecule has 1 aromatic rings. The molecule has 1 saturated heterocycles. The molecule has 2 nitrogen and oxygen atoms in total. The van der Waals surface area contributed by atoms with Gasteiger partial charge in [-0.05, 0) is 43.8 Å². The molecular formula is C18H30N2. The van der Waals surface area contributed by atoms with Crippen molar-refractivity contribution in [1.29, 1.82) is 0 Å². The number of rotatable bonds is 6. The molecule has 2 heteroatoms. The van der Waals surface area contributed by atoms with E-state index in [0.29, 0.717) is 12.0 Å². The Hall–Kier alpha value is -0.860. The van der Waals surface area contributed by atoms with E-state index < -0.39 is 0 Å². The lowest BCUT2D eigenvalue weighted by molar-refractivity contribution is 0.0998. The fourth-order valence-corrected chi connectivity index (χ4v) is 3.69. The molecule has 1 aromatic carbocycles. The molecule has 2 N–H and O–H groups in total. The minimum absolute atomic E-state index is 0.248. The van der Waals surface area contributed by atoms with Crippen LogP contribution in [-0.4, -0.2) is 24.0 Å². The Morgan fingerprint density at radius 1 is 1.15 bits per heavy atom. The Kier molecular flexibility index (Phi) is 5.22. The normalized spacial score (nSPS) is 21.1. The summed E-state index contributed by atoms with van der Waals surface area (Å²) in [5.41, 5.74) is 8.07. The predicted octanol–water partition coefficient (Wildman–Crippen LogP) is 3.76. The van der Waals surface area contributed by atoms with Gasteiger partial charge >= 0.3 is 0 Å². The third-order valence-corrected chi connectivity index (χ3v) is 4.92. The van der Waals surface area contributed by atoms with Gasteiger partial charge in [0.2, 0.25) is 0 Å². The first-order chi connectivity index (χ1) is 9.60. The average molecular weight is 274 g/mol. The van der Waals surface area contributed by atoms with Crippen LogP contribution in [0.2, 0.25) is 0 Å². The molecule has 2 unspecified atom stereocenters. The number of benzene rings is 1. The molecule has 0 aliphatic carbocycles. The first kappa shape index (κ1) is 15.5. The molecule has 1 fully saturated rings. The minimum Gasteiger partial charge on any atom is -0.320 e. The van der Waals surface area contributed by atoms with Crippen LogP contribution in [0.4, 0.5) is 0 Å². The van der Waals surface area contributed by atoms with Gasteiger partial charge in [0.05, 0.1) is 5.54 Å². The fraction of sp³-hybridized carbons (Fsp3) is 0.667. The van der Waals surface area contributed by atoms with Gasteiger partial charge in [-0.25, -0.2) is 0 Å². The van der Waals surface area contributed by atoms with Crippen molar-refractivity contribution < 1.29 is 0 Å². The summed E-state index contributed by atoms with van der Waals surface area (Å²) >= 11 is 0. The number of hydrogen-bond donors (Lipinski definition) is 1. The Bertz CT molecular complexity index is 395. The first-order valence-electron chi connectivity index (χ1n) is 8.19. The second kappa shape index (κ2) is 6.73. The first-order valence-corrected chi connectivity index (χ1v) is 8.19. The third kappa shape index (κ3) is 2.91. The maximum atomic E-state index is 7.03. The highest BCUT2D eigenvalue weighted by molar-refractivity contribution is 5.27. The molecule has 20 heavy (non-hydrogen) atoms. The highest BCUT2D eigenvalue weighted by atomic mass is 15.2. The summed E-state index contributed by atoms with van der Waals surface area (Å²) in [6.45, 7) is 9.23. The monoisotopic (exact) mass is 274 g/mol. The second-order valence-electron chi connectivity index (χ2n) is 6.50. The van der Waals surface area contributed by atoms with E-state index in [4.69, 9.17) is 5.73 Å². The van der Waals surface area contributed by atoms with E-state index in [9.17, 15) is 0 Å². The molecular weight excluding hydrogens is 244 g/mol. The summed E-state index contributed by atoms with van der Waals surface area (Å²) < 4.78 is 0. The van der Waals surface area contributed by atoms with E-state index in [0.717, 1.165) is 0 Å². The minimum atomic E-state index is -0.248. The zero-order valence-electron chi connectivity index (χ0n) is 13.3. The van der Waals surface area contributed by atoms with Gasteiger partial charge < -0.3 is 5.73 Å². The van der Waals surface area contributed by atoms with Crippen LogP contribution in [0.15, 0.2) is 30.3 Å². The Balaban J connectivity index is 2.37. The highest BCUT2D eigenvalue weighted by Crippen LogP contribution is 2.36. The van der Waals surface area contributed by atoms with Crippen molar-refractivity contribution in [2.75, 3.05) is 13.1 Å². The highest BCUT2D eigenvalue weighted by Gasteiger charge is 2.42. The van der Waals surface area contributed by atoms with E-state index in [1.165, 1.54) is 44.3 Å². The van der Waals surface area contributed by atoms with Gasteiger partial charge in [-0.2, -0.15) is 0 Å². The zero-order chi connectivity index (χ0) is 14.6. The van der Waals surface area contributed by atoms with Crippen LogP contribution in [0.1, 0.15) is 52.0 Å². The van der Waals surface area contributed by atoms with Gasteiger partial charge in [-0.1, -0.05) is 57.5 Å². The molecule has 0 spiro atoms. The van der Waals surface area contributed by atoms with E-state index in [-0.39, 0.29) is 5.54 Å². The molecule has 2 rings (SSSR count). The van der Waals surface area contributed by atoms with Crippen LogP contribution < -0.4 is 5.73 Å². The molecule has 1 aliphatic rings. The van der Waals surface area contributed by atoms with Crippen molar-refractivity contribution in [2.24, 2.45) is 11.7 Å². The van der Waals surface area contributed by atoms with E-state index in [2.05, 4.69) is 56.0 Å². The summed E-state index contributed by atoms with van der Waals surface area (Å²) in [4.78, 5) is 2.64. The number of likely N-dealkylation sites (tertiary alicyclic amines) is 1. The second-order valence-corrected chi connectivity index (χ2v) is 6.50. The zero-order valence-corrected chi connectivity index (χ0v) is 13.3. The Morgan fingerprint density at radius 3 is 2.25 bits per heavy atom. The van der Waals surface area contributed by atoms with Gasteiger partial charge in [-0.3, -0.25) is 4.90 Å². The number of nitrogens with zero attached hydrogens (tertiary/aromatic N) is 1. The smallest absolute Gasteiger partial charge is 0.0590 e. The summed E-state index contributed by atoms with van der Waals surface area (Å²) in [6, 6.07) is 11.2.